The summed E-state index contributed by atoms with van der Waals surface area (Å²) in [7, 11) is 0. The molecule has 9 nitrogen and oxygen atoms in total. The van der Waals surface area contributed by atoms with Crippen LogP contribution in [0.1, 0.15) is 0 Å². The Balaban J connectivity index is 1.33. The zero-order valence-corrected chi connectivity index (χ0v) is 17.7. The van der Waals surface area contributed by atoms with Gasteiger partial charge in [0.25, 0.3) is 0 Å². The van der Waals surface area contributed by atoms with Gasteiger partial charge in [-0.25, -0.2) is 9.59 Å². The second-order valence-corrected chi connectivity index (χ2v) is 6.79. The van der Waals surface area contributed by atoms with E-state index in [1.54, 1.807) is 6.07 Å². The number of nitrogens with one attached hydrogen (secondary N) is 1. The molecule has 32 heavy (non-hydrogen) atoms. The molecular formula is C23H27NO8. The number of hydrogen-bond donors (Lipinski definition) is 1. The van der Waals surface area contributed by atoms with Crippen LogP contribution in [0.25, 0.3) is 10.8 Å². The lowest BCUT2D eigenvalue weighted by molar-refractivity contribution is -0.139. The third-order valence-corrected chi connectivity index (χ3v) is 4.40. The Bertz CT molecular complexity index is 912. The predicted octanol–water partition coefficient (Wildman–Crippen LogP) is 2.47. The maximum atomic E-state index is 12.1. The highest BCUT2D eigenvalue weighted by Gasteiger charge is 2.23. The number of rotatable bonds is 14. The second kappa shape index (κ2) is 12.7. The number of epoxide rings is 1. The van der Waals surface area contributed by atoms with Gasteiger partial charge < -0.3 is 33.7 Å². The number of fused-ring (bicyclic) bond motifs is 1. The average Bonchev–Trinajstić information content (AvgIpc) is 3.63. The van der Waals surface area contributed by atoms with E-state index in [1.807, 2.05) is 30.3 Å². The van der Waals surface area contributed by atoms with Crippen molar-refractivity contribution in [3.05, 3.63) is 49.1 Å². The normalized spacial score (nSPS) is 14.6. The summed E-state index contributed by atoms with van der Waals surface area (Å²) in [5, 5.41) is 4.29. The van der Waals surface area contributed by atoms with Crippen LogP contribution in [-0.4, -0.2) is 71.0 Å². The van der Waals surface area contributed by atoms with Crippen molar-refractivity contribution >= 4 is 22.8 Å². The Labute approximate surface area is 186 Å². The molecule has 2 aromatic carbocycles. The van der Waals surface area contributed by atoms with Crippen LogP contribution < -0.4 is 14.8 Å². The summed E-state index contributed by atoms with van der Waals surface area (Å²) >= 11 is 0. The summed E-state index contributed by atoms with van der Waals surface area (Å²) in [6.45, 7) is 6.26. The summed E-state index contributed by atoms with van der Waals surface area (Å²) in [6.07, 6.45) is 0.684. The van der Waals surface area contributed by atoms with E-state index in [0.29, 0.717) is 32.2 Å². The first-order valence-corrected chi connectivity index (χ1v) is 10.3. The van der Waals surface area contributed by atoms with E-state index in [0.717, 1.165) is 29.2 Å². The highest BCUT2D eigenvalue weighted by atomic mass is 16.6. The van der Waals surface area contributed by atoms with Crippen LogP contribution in [0.2, 0.25) is 0 Å². The number of amides is 1. The van der Waals surface area contributed by atoms with Crippen molar-refractivity contribution in [2.75, 3.05) is 52.8 Å². The molecular weight excluding hydrogens is 418 g/mol. The molecule has 1 aliphatic heterocycles. The first-order chi connectivity index (χ1) is 15.7. The number of hydrogen-bond acceptors (Lipinski definition) is 8. The SMILES string of the molecule is C=CC(=O)OCCOCCOCCNC(=O)Oc1cccc2c(OCC3CO3)cccc12. The van der Waals surface area contributed by atoms with E-state index >= 15 is 0 Å². The Morgan fingerprint density at radius 1 is 1.00 bits per heavy atom. The second-order valence-electron chi connectivity index (χ2n) is 6.79. The number of ether oxygens (including phenoxy) is 6. The van der Waals surface area contributed by atoms with Crippen molar-refractivity contribution < 1.29 is 38.0 Å². The molecule has 0 radical (unpaired) electrons. The largest absolute Gasteiger partial charge is 0.490 e. The first kappa shape index (κ1) is 23.5. The molecule has 0 aromatic heterocycles. The minimum Gasteiger partial charge on any atom is -0.490 e. The third kappa shape index (κ3) is 7.84. The summed E-state index contributed by atoms with van der Waals surface area (Å²) in [6, 6.07) is 11.1. The van der Waals surface area contributed by atoms with Crippen molar-refractivity contribution in [1.29, 1.82) is 0 Å². The molecule has 1 N–H and O–H groups in total. The molecule has 1 unspecified atom stereocenters. The molecule has 3 rings (SSSR count). The molecule has 0 spiro atoms. The molecule has 172 valence electrons. The van der Waals surface area contributed by atoms with Gasteiger partial charge in [-0.2, -0.15) is 0 Å². The number of esters is 1. The standard InChI is InChI=1S/C23H27NO8/c1-2-22(25)29-14-13-28-12-11-27-10-9-24-23(26)32-21-8-4-5-18-19(21)6-3-7-20(18)31-16-17-15-30-17/h2-8,17H,1,9-16H2,(H,24,26). The zero-order chi connectivity index (χ0) is 22.6. The molecule has 1 atom stereocenters. The van der Waals surface area contributed by atoms with E-state index in [4.69, 9.17) is 28.4 Å². The van der Waals surface area contributed by atoms with Gasteiger partial charge in [0.05, 0.1) is 33.0 Å². The van der Waals surface area contributed by atoms with Gasteiger partial charge in [-0.1, -0.05) is 30.8 Å². The van der Waals surface area contributed by atoms with Crippen molar-refractivity contribution in [3.63, 3.8) is 0 Å². The zero-order valence-electron chi connectivity index (χ0n) is 17.7. The predicted molar refractivity (Wildman–Crippen MR) is 116 cm³/mol. The van der Waals surface area contributed by atoms with Gasteiger partial charge in [0.1, 0.15) is 30.8 Å². The number of carbonyl (C=O) groups excluding carboxylic acids is 2. The maximum absolute atomic E-state index is 12.1. The molecule has 1 saturated heterocycles. The van der Waals surface area contributed by atoms with E-state index in [-0.39, 0.29) is 25.9 Å². The third-order valence-electron chi connectivity index (χ3n) is 4.40. The van der Waals surface area contributed by atoms with Crippen LogP contribution >= 0.6 is 0 Å². The lowest BCUT2D eigenvalue weighted by Crippen LogP contribution is -2.30. The van der Waals surface area contributed by atoms with Crippen LogP contribution in [0.3, 0.4) is 0 Å². The van der Waals surface area contributed by atoms with Gasteiger partial charge in [0.2, 0.25) is 0 Å². The van der Waals surface area contributed by atoms with E-state index in [9.17, 15) is 9.59 Å². The lowest BCUT2D eigenvalue weighted by atomic mass is 10.1. The maximum Gasteiger partial charge on any atom is 0.412 e. The number of carbonyl (C=O) groups is 2. The smallest absolute Gasteiger partial charge is 0.412 e. The Morgan fingerprint density at radius 2 is 1.66 bits per heavy atom. The Hall–Kier alpha value is -3.14. The van der Waals surface area contributed by atoms with E-state index in [2.05, 4.69) is 11.9 Å². The van der Waals surface area contributed by atoms with Gasteiger partial charge >= 0.3 is 12.1 Å². The van der Waals surface area contributed by atoms with Crippen molar-refractivity contribution in [2.24, 2.45) is 0 Å². The Kier molecular flexibility index (Phi) is 9.30. The molecule has 2 aromatic rings. The molecule has 1 heterocycles. The van der Waals surface area contributed by atoms with Gasteiger partial charge in [-0.05, 0) is 12.1 Å². The molecule has 0 aliphatic carbocycles. The van der Waals surface area contributed by atoms with E-state index in [1.165, 1.54) is 0 Å². The van der Waals surface area contributed by atoms with Crippen molar-refractivity contribution in [2.45, 2.75) is 6.10 Å². The lowest BCUT2D eigenvalue weighted by Gasteiger charge is -2.12. The minimum absolute atomic E-state index is 0.159. The van der Waals surface area contributed by atoms with Crippen LogP contribution in [0.5, 0.6) is 11.5 Å². The molecule has 9 heteroatoms. The van der Waals surface area contributed by atoms with Gasteiger partial charge in [-0.3, -0.25) is 0 Å². The average molecular weight is 445 g/mol. The first-order valence-electron chi connectivity index (χ1n) is 10.3. The van der Waals surface area contributed by atoms with Gasteiger partial charge in [0.15, 0.2) is 0 Å². The molecule has 1 amide bonds. The highest BCUT2D eigenvalue weighted by molar-refractivity contribution is 5.94. The topological polar surface area (TPSA) is 105 Å². The van der Waals surface area contributed by atoms with E-state index < -0.39 is 12.1 Å². The summed E-state index contributed by atoms with van der Waals surface area (Å²) in [4.78, 5) is 23.0. The summed E-state index contributed by atoms with van der Waals surface area (Å²) in [5.41, 5.74) is 0. The molecule has 0 saturated carbocycles. The van der Waals surface area contributed by atoms with Crippen LogP contribution in [0.4, 0.5) is 4.79 Å². The fraction of sp³-hybridized carbons (Fsp3) is 0.391. The quantitative estimate of drug-likeness (QED) is 0.205. The molecule has 1 fully saturated rings. The Morgan fingerprint density at radius 3 is 2.38 bits per heavy atom. The summed E-state index contributed by atoms with van der Waals surface area (Å²) < 4.78 is 31.9. The van der Waals surface area contributed by atoms with Crippen molar-refractivity contribution in [3.8, 4) is 11.5 Å². The van der Waals surface area contributed by atoms with Crippen LogP contribution in [0, 0.1) is 0 Å². The fourth-order valence-corrected chi connectivity index (χ4v) is 2.76. The number of benzene rings is 2. The molecule has 1 aliphatic rings. The monoisotopic (exact) mass is 445 g/mol. The van der Waals surface area contributed by atoms with Crippen molar-refractivity contribution in [1.82, 2.24) is 5.32 Å². The van der Waals surface area contributed by atoms with Crippen LogP contribution in [-0.2, 0) is 23.7 Å². The fourth-order valence-electron chi connectivity index (χ4n) is 2.76. The van der Waals surface area contributed by atoms with Gasteiger partial charge in [-0.15, -0.1) is 0 Å². The minimum atomic E-state index is -0.570. The van der Waals surface area contributed by atoms with Gasteiger partial charge in [0, 0.05) is 23.4 Å². The highest BCUT2D eigenvalue weighted by Crippen LogP contribution is 2.32. The summed E-state index contributed by atoms with van der Waals surface area (Å²) in [5.74, 6) is 0.682. The molecule has 0 bridgehead atoms. The van der Waals surface area contributed by atoms with Crippen LogP contribution in [0.15, 0.2) is 49.1 Å².